The lowest BCUT2D eigenvalue weighted by molar-refractivity contribution is -0.148. The third kappa shape index (κ3) is 6.00. The Hall–Kier alpha value is -3.66. The van der Waals surface area contributed by atoms with Crippen LogP contribution in [-0.2, 0) is 26.2 Å². The van der Waals surface area contributed by atoms with Crippen LogP contribution in [0.25, 0.3) is 11.1 Å². The second kappa shape index (κ2) is 11.6. The normalized spacial score (nSPS) is 14.5. The molecule has 1 aliphatic carbocycles. The number of aryl methyl sites for hydroxylation is 1. The van der Waals surface area contributed by atoms with Gasteiger partial charge < -0.3 is 14.7 Å². The molecule has 1 fully saturated rings. The van der Waals surface area contributed by atoms with Gasteiger partial charge in [-0.05, 0) is 49.8 Å². The lowest BCUT2D eigenvalue weighted by Gasteiger charge is -2.38. The summed E-state index contributed by atoms with van der Waals surface area (Å²) < 4.78 is 34.2. The first-order valence-corrected chi connectivity index (χ1v) is 14.7. The quantitative estimate of drug-likeness (QED) is 0.377. The van der Waals surface area contributed by atoms with E-state index >= 15 is 0 Å². The van der Waals surface area contributed by atoms with Crippen LogP contribution in [0.15, 0.2) is 57.9 Å². The third-order valence-corrected chi connectivity index (χ3v) is 8.79. The van der Waals surface area contributed by atoms with Crippen molar-refractivity contribution in [2.75, 3.05) is 11.8 Å². The third-order valence-electron chi connectivity index (χ3n) is 7.40. The Morgan fingerprint density at radius 1 is 1.08 bits per heavy atom. The van der Waals surface area contributed by atoms with E-state index in [1.54, 1.807) is 50.1 Å². The van der Waals surface area contributed by atoms with Crippen molar-refractivity contribution in [3.63, 3.8) is 0 Å². The number of benzene rings is 2. The number of carbonyl (C=O) groups is 2. The van der Waals surface area contributed by atoms with Crippen molar-refractivity contribution in [2.24, 2.45) is 11.8 Å². The van der Waals surface area contributed by atoms with Gasteiger partial charge in [0.05, 0.1) is 10.6 Å². The zero-order valence-corrected chi connectivity index (χ0v) is 23.8. The Balaban J connectivity index is 1.62. The molecule has 4 rings (SSSR count). The van der Waals surface area contributed by atoms with Crippen LogP contribution in [0.1, 0.15) is 49.9 Å². The Kier molecular flexibility index (Phi) is 8.44. The standard InChI is InChI=1S/C29H36N4O5S/c1-18(2)26(27(34)30-5)33(29(35)23-9-8-10-23)17-21-13-15-22(16-14-21)24-11-6-7-12-25(24)39(36,37)32-28-19(3)20(4)31-38-28/h6-7,11-16,18,23,26,32H,8-10,17H2,1-5H3,(H,30,34). The number of amides is 2. The lowest BCUT2D eigenvalue weighted by Crippen LogP contribution is -2.53. The van der Waals surface area contributed by atoms with Crippen molar-refractivity contribution in [1.29, 1.82) is 0 Å². The summed E-state index contributed by atoms with van der Waals surface area (Å²) in [6.07, 6.45) is 2.72. The highest BCUT2D eigenvalue weighted by atomic mass is 32.2. The minimum atomic E-state index is -3.96. The van der Waals surface area contributed by atoms with Crippen molar-refractivity contribution >= 4 is 27.7 Å². The molecular formula is C29H36N4O5S. The van der Waals surface area contributed by atoms with Gasteiger partial charge in [-0.3, -0.25) is 9.59 Å². The molecule has 1 aromatic heterocycles. The second-order valence-corrected chi connectivity index (χ2v) is 12.1. The van der Waals surface area contributed by atoms with Gasteiger partial charge in [0, 0.05) is 30.6 Å². The molecule has 208 valence electrons. The molecule has 0 saturated heterocycles. The number of hydrogen-bond donors (Lipinski definition) is 2. The molecule has 1 atom stereocenters. The molecule has 2 aromatic carbocycles. The molecule has 0 radical (unpaired) electrons. The van der Waals surface area contributed by atoms with Gasteiger partial charge in [0.25, 0.3) is 10.0 Å². The van der Waals surface area contributed by atoms with E-state index in [9.17, 15) is 18.0 Å². The number of nitrogens with zero attached hydrogens (tertiary/aromatic N) is 2. The maximum absolute atomic E-state index is 13.4. The highest BCUT2D eigenvalue weighted by Gasteiger charge is 2.37. The molecule has 39 heavy (non-hydrogen) atoms. The highest BCUT2D eigenvalue weighted by molar-refractivity contribution is 7.92. The molecule has 9 nitrogen and oxygen atoms in total. The number of sulfonamides is 1. The van der Waals surface area contributed by atoms with Gasteiger partial charge in [0.2, 0.25) is 17.7 Å². The van der Waals surface area contributed by atoms with Crippen molar-refractivity contribution in [1.82, 2.24) is 15.4 Å². The van der Waals surface area contributed by atoms with E-state index in [1.807, 2.05) is 38.1 Å². The Morgan fingerprint density at radius 2 is 1.74 bits per heavy atom. The second-order valence-electron chi connectivity index (χ2n) is 10.4. The highest BCUT2D eigenvalue weighted by Crippen LogP contribution is 2.32. The summed E-state index contributed by atoms with van der Waals surface area (Å²) in [6, 6.07) is 13.6. The number of rotatable bonds is 10. The zero-order chi connectivity index (χ0) is 28.3. The number of likely N-dealkylation sites (N-methyl/N-ethyl adjacent to an activating group) is 1. The molecule has 1 saturated carbocycles. The molecule has 1 unspecified atom stereocenters. The van der Waals surface area contributed by atoms with Crippen LogP contribution in [0, 0.1) is 25.7 Å². The van der Waals surface area contributed by atoms with Crippen LogP contribution in [0.4, 0.5) is 5.88 Å². The van der Waals surface area contributed by atoms with Crippen molar-refractivity contribution in [3.05, 3.63) is 65.4 Å². The first-order chi connectivity index (χ1) is 18.5. The molecule has 0 aliphatic heterocycles. The fourth-order valence-electron chi connectivity index (χ4n) is 4.77. The van der Waals surface area contributed by atoms with Gasteiger partial charge in [-0.15, -0.1) is 0 Å². The summed E-state index contributed by atoms with van der Waals surface area (Å²) in [5, 5.41) is 6.53. The van der Waals surface area contributed by atoms with Crippen LogP contribution in [0.2, 0.25) is 0 Å². The predicted molar refractivity (Wildman–Crippen MR) is 149 cm³/mol. The lowest BCUT2D eigenvalue weighted by atomic mass is 9.83. The van der Waals surface area contributed by atoms with Gasteiger partial charge >= 0.3 is 0 Å². The van der Waals surface area contributed by atoms with Gasteiger partial charge in [-0.2, -0.15) is 0 Å². The Labute approximate surface area is 230 Å². The van der Waals surface area contributed by atoms with Crippen LogP contribution in [0.5, 0.6) is 0 Å². The summed E-state index contributed by atoms with van der Waals surface area (Å²) in [5.74, 6) is -0.193. The van der Waals surface area contributed by atoms with E-state index in [-0.39, 0.29) is 41.0 Å². The predicted octanol–water partition coefficient (Wildman–Crippen LogP) is 4.66. The molecule has 10 heteroatoms. The average molecular weight is 553 g/mol. The number of nitrogens with one attached hydrogen (secondary N) is 2. The minimum absolute atomic E-state index is 0.00749. The van der Waals surface area contributed by atoms with Gasteiger partial charge in [0.15, 0.2) is 0 Å². The first kappa shape index (κ1) is 28.4. The largest absolute Gasteiger partial charge is 0.357 e. The first-order valence-electron chi connectivity index (χ1n) is 13.2. The fourth-order valence-corrected chi connectivity index (χ4v) is 6.05. The molecule has 0 bridgehead atoms. The van der Waals surface area contributed by atoms with E-state index in [2.05, 4.69) is 15.2 Å². The van der Waals surface area contributed by atoms with Crippen molar-refractivity contribution in [3.8, 4) is 11.1 Å². The summed E-state index contributed by atoms with van der Waals surface area (Å²) in [5.41, 5.74) is 3.31. The zero-order valence-electron chi connectivity index (χ0n) is 23.0. The number of aromatic nitrogens is 1. The molecule has 1 aliphatic rings. The van der Waals surface area contributed by atoms with Gasteiger partial charge in [-0.25, -0.2) is 13.1 Å². The van der Waals surface area contributed by atoms with E-state index in [0.717, 1.165) is 24.8 Å². The van der Waals surface area contributed by atoms with Gasteiger partial charge in [-0.1, -0.05) is 67.9 Å². The van der Waals surface area contributed by atoms with Crippen LogP contribution in [-0.4, -0.2) is 43.4 Å². The summed E-state index contributed by atoms with van der Waals surface area (Å²) >= 11 is 0. The monoisotopic (exact) mass is 552 g/mol. The molecule has 0 spiro atoms. The van der Waals surface area contributed by atoms with E-state index in [4.69, 9.17) is 4.52 Å². The maximum Gasteiger partial charge on any atom is 0.264 e. The number of carbonyl (C=O) groups excluding carboxylic acids is 2. The van der Waals surface area contributed by atoms with Crippen LogP contribution < -0.4 is 10.0 Å². The molecule has 1 heterocycles. The summed E-state index contributed by atoms with van der Waals surface area (Å²) in [4.78, 5) is 27.9. The van der Waals surface area contributed by atoms with Gasteiger partial charge in [0.1, 0.15) is 6.04 Å². The van der Waals surface area contributed by atoms with E-state index < -0.39 is 16.1 Å². The molecule has 3 aromatic rings. The maximum atomic E-state index is 13.4. The molecule has 2 amide bonds. The van der Waals surface area contributed by atoms with Crippen molar-refractivity contribution < 1.29 is 22.5 Å². The van der Waals surface area contributed by atoms with E-state index in [1.165, 1.54) is 0 Å². The van der Waals surface area contributed by atoms with Crippen molar-refractivity contribution in [2.45, 2.75) is 64.4 Å². The fraction of sp³-hybridized carbons (Fsp3) is 0.414. The smallest absolute Gasteiger partial charge is 0.264 e. The molecular weight excluding hydrogens is 516 g/mol. The Bertz CT molecular complexity index is 1440. The SMILES string of the molecule is CNC(=O)C(C(C)C)N(Cc1ccc(-c2ccccc2S(=O)(=O)Nc2onc(C)c2C)cc1)C(=O)C1CCC1. The Morgan fingerprint density at radius 3 is 2.28 bits per heavy atom. The van der Waals surface area contributed by atoms with Crippen LogP contribution in [0.3, 0.4) is 0 Å². The minimum Gasteiger partial charge on any atom is -0.357 e. The summed E-state index contributed by atoms with van der Waals surface area (Å²) in [6.45, 7) is 7.65. The summed E-state index contributed by atoms with van der Waals surface area (Å²) in [7, 11) is -2.37. The van der Waals surface area contributed by atoms with E-state index in [0.29, 0.717) is 22.4 Å². The number of anilines is 1. The topological polar surface area (TPSA) is 122 Å². The number of hydrogen-bond acceptors (Lipinski definition) is 6. The van der Waals surface area contributed by atoms with Crippen LogP contribution >= 0.6 is 0 Å². The molecule has 2 N–H and O–H groups in total. The average Bonchev–Trinajstić information content (AvgIpc) is 3.19.